The highest BCUT2D eigenvalue weighted by Crippen LogP contribution is 2.20. The lowest BCUT2D eigenvalue weighted by Gasteiger charge is -2.09. The molecule has 0 bridgehead atoms. The Morgan fingerprint density at radius 2 is 1.41 bits per heavy atom. The van der Waals surface area contributed by atoms with Crippen LogP contribution in [-0.2, 0) is 19.9 Å². The summed E-state index contributed by atoms with van der Waals surface area (Å²) in [5, 5.41) is 0. The third-order valence-corrected chi connectivity index (χ3v) is 5.15. The van der Waals surface area contributed by atoms with Crippen molar-refractivity contribution in [2.45, 2.75) is 9.79 Å². The zero-order valence-corrected chi connectivity index (χ0v) is 12.9. The van der Waals surface area contributed by atoms with Crippen LogP contribution in [-0.4, -0.2) is 23.1 Å². The smallest absolute Gasteiger partial charge is 0.261 e. The fraction of sp³-hybridized carbons (Fsp3) is 0.0769. The van der Waals surface area contributed by atoms with Crippen LogP contribution in [0.4, 0.5) is 14.5 Å². The van der Waals surface area contributed by atoms with Gasteiger partial charge in [-0.1, -0.05) is 6.07 Å². The summed E-state index contributed by atoms with van der Waals surface area (Å²) in [7, 11) is -7.76. The van der Waals surface area contributed by atoms with Crippen LogP contribution in [0.2, 0.25) is 0 Å². The van der Waals surface area contributed by atoms with Crippen molar-refractivity contribution < 1.29 is 25.6 Å². The number of sulfone groups is 1. The van der Waals surface area contributed by atoms with Crippen LogP contribution in [0.15, 0.2) is 52.3 Å². The predicted molar refractivity (Wildman–Crippen MR) is 76.7 cm³/mol. The highest BCUT2D eigenvalue weighted by atomic mass is 32.2. The molecule has 22 heavy (non-hydrogen) atoms. The Labute approximate surface area is 126 Å². The monoisotopic (exact) mass is 347 g/mol. The van der Waals surface area contributed by atoms with Crippen LogP contribution in [0.5, 0.6) is 0 Å². The number of anilines is 1. The molecule has 0 heterocycles. The SMILES string of the molecule is CS(=O)(=O)c1cccc(S(=O)(=O)Nc2cc(F)cc(F)c2)c1. The van der Waals surface area contributed by atoms with E-state index < -0.39 is 31.5 Å². The maximum atomic E-state index is 13.1. The second kappa shape index (κ2) is 5.65. The molecule has 0 unspecified atom stereocenters. The van der Waals surface area contributed by atoms with Crippen LogP contribution < -0.4 is 4.72 Å². The number of benzene rings is 2. The van der Waals surface area contributed by atoms with Crippen LogP contribution >= 0.6 is 0 Å². The zero-order valence-electron chi connectivity index (χ0n) is 11.2. The van der Waals surface area contributed by atoms with Crippen molar-refractivity contribution in [3.63, 3.8) is 0 Å². The summed E-state index contributed by atoms with van der Waals surface area (Å²) in [6, 6.07) is 6.86. The van der Waals surface area contributed by atoms with E-state index in [4.69, 9.17) is 0 Å². The van der Waals surface area contributed by atoms with E-state index >= 15 is 0 Å². The second-order valence-electron chi connectivity index (χ2n) is 4.51. The van der Waals surface area contributed by atoms with Gasteiger partial charge >= 0.3 is 0 Å². The molecule has 0 fully saturated rings. The molecule has 2 aromatic carbocycles. The molecule has 0 saturated heterocycles. The first-order valence-corrected chi connectivity index (χ1v) is 9.24. The van der Waals surface area contributed by atoms with Gasteiger partial charge in [-0.05, 0) is 30.3 Å². The molecule has 1 N–H and O–H groups in total. The maximum absolute atomic E-state index is 13.1. The highest BCUT2D eigenvalue weighted by molar-refractivity contribution is 7.93. The number of sulfonamides is 1. The Morgan fingerprint density at radius 3 is 1.95 bits per heavy atom. The fourth-order valence-corrected chi connectivity index (χ4v) is 3.53. The molecular weight excluding hydrogens is 336 g/mol. The topological polar surface area (TPSA) is 80.3 Å². The van der Waals surface area contributed by atoms with Gasteiger partial charge in [0.15, 0.2) is 9.84 Å². The van der Waals surface area contributed by atoms with Crippen LogP contribution in [0.3, 0.4) is 0 Å². The number of rotatable bonds is 4. The van der Waals surface area contributed by atoms with Crippen molar-refractivity contribution in [2.75, 3.05) is 11.0 Å². The summed E-state index contributed by atoms with van der Waals surface area (Å²) in [5.74, 6) is -1.88. The van der Waals surface area contributed by atoms with Gasteiger partial charge in [-0.2, -0.15) is 0 Å². The standard InChI is InChI=1S/C13H11F2NO4S2/c1-21(17,18)12-3-2-4-13(8-12)22(19,20)16-11-6-9(14)5-10(15)7-11/h2-8,16H,1H3. The minimum absolute atomic E-state index is 0.180. The number of hydrogen-bond acceptors (Lipinski definition) is 4. The third-order valence-electron chi connectivity index (χ3n) is 2.66. The summed E-state index contributed by atoms with van der Waals surface area (Å²) in [5.41, 5.74) is -0.303. The molecule has 118 valence electrons. The maximum Gasteiger partial charge on any atom is 0.261 e. The van der Waals surface area contributed by atoms with E-state index in [2.05, 4.69) is 0 Å². The largest absolute Gasteiger partial charge is 0.279 e. The van der Waals surface area contributed by atoms with Gasteiger partial charge in [-0.15, -0.1) is 0 Å². The Morgan fingerprint density at radius 1 is 0.864 bits per heavy atom. The molecule has 0 aromatic heterocycles. The van der Waals surface area contributed by atoms with Crippen molar-refractivity contribution in [3.05, 3.63) is 54.1 Å². The van der Waals surface area contributed by atoms with Crippen LogP contribution in [0.1, 0.15) is 0 Å². The van der Waals surface area contributed by atoms with Gasteiger partial charge in [0.25, 0.3) is 10.0 Å². The van der Waals surface area contributed by atoms with E-state index in [9.17, 15) is 25.6 Å². The molecule has 0 saturated carbocycles. The lowest BCUT2D eigenvalue weighted by Crippen LogP contribution is -2.14. The summed E-state index contributed by atoms with van der Waals surface area (Å²) in [6.07, 6.45) is 0.939. The van der Waals surface area contributed by atoms with Gasteiger partial charge in [0.2, 0.25) is 0 Å². The van der Waals surface area contributed by atoms with Crippen LogP contribution in [0, 0.1) is 11.6 Å². The van der Waals surface area contributed by atoms with E-state index in [-0.39, 0.29) is 15.5 Å². The Balaban J connectivity index is 2.43. The number of halogens is 2. The molecular formula is C13H11F2NO4S2. The van der Waals surface area contributed by atoms with Gasteiger partial charge in [0.05, 0.1) is 15.5 Å². The van der Waals surface area contributed by atoms with E-state index in [1.54, 1.807) is 0 Å². The number of nitrogens with one attached hydrogen (secondary N) is 1. The lowest BCUT2D eigenvalue weighted by atomic mass is 10.3. The lowest BCUT2D eigenvalue weighted by molar-refractivity contribution is 0.584. The Kier molecular flexibility index (Phi) is 4.21. The van der Waals surface area contributed by atoms with Crippen molar-refractivity contribution in [1.29, 1.82) is 0 Å². The van der Waals surface area contributed by atoms with E-state index in [1.807, 2.05) is 4.72 Å². The Bertz CT molecular complexity index is 905. The van der Waals surface area contributed by atoms with E-state index in [1.165, 1.54) is 18.2 Å². The molecule has 2 rings (SSSR count). The summed E-state index contributed by atoms with van der Waals surface area (Å²) in [4.78, 5) is -0.513. The molecule has 0 amide bonds. The van der Waals surface area contributed by atoms with Crippen molar-refractivity contribution in [1.82, 2.24) is 0 Å². The summed E-state index contributed by atoms with van der Waals surface area (Å²) in [6.45, 7) is 0. The van der Waals surface area contributed by atoms with Gasteiger partial charge in [-0.25, -0.2) is 25.6 Å². The Hall–Kier alpha value is -2.00. The van der Waals surface area contributed by atoms with Gasteiger partial charge in [0, 0.05) is 12.3 Å². The second-order valence-corrected chi connectivity index (χ2v) is 8.21. The highest BCUT2D eigenvalue weighted by Gasteiger charge is 2.18. The summed E-state index contributed by atoms with van der Waals surface area (Å²) < 4.78 is 75.3. The van der Waals surface area contributed by atoms with Crippen molar-refractivity contribution in [2.24, 2.45) is 0 Å². The molecule has 9 heteroatoms. The van der Waals surface area contributed by atoms with Gasteiger partial charge < -0.3 is 0 Å². The third kappa shape index (κ3) is 3.80. The molecule has 0 aliphatic heterocycles. The molecule has 0 spiro atoms. The molecule has 0 atom stereocenters. The van der Waals surface area contributed by atoms with Crippen molar-refractivity contribution >= 4 is 25.5 Å². The van der Waals surface area contributed by atoms with E-state index in [0.29, 0.717) is 6.07 Å². The zero-order chi connectivity index (χ0) is 16.5. The minimum atomic E-state index is -4.18. The van der Waals surface area contributed by atoms with Crippen LogP contribution in [0.25, 0.3) is 0 Å². The number of hydrogen-bond donors (Lipinski definition) is 1. The fourth-order valence-electron chi connectivity index (χ4n) is 1.70. The average Bonchev–Trinajstić information content (AvgIpc) is 2.36. The first-order chi connectivity index (χ1) is 10.1. The quantitative estimate of drug-likeness (QED) is 0.919. The predicted octanol–water partition coefficient (Wildman–Crippen LogP) is 2.17. The van der Waals surface area contributed by atoms with Gasteiger partial charge in [-0.3, -0.25) is 4.72 Å². The molecule has 0 aliphatic carbocycles. The minimum Gasteiger partial charge on any atom is -0.279 e. The molecule has 0 radical (unpaired) electrons. The average molecular weight is 347 g/mol. The first kappa shape index (κ1) is 16.4. The molecule has 0 aliphatic rings. The van der Waals surface area contributed by atoms with E-state index in [0.717, 1.165) is 24.5 Å². The molecule has 5 nitrogen and oxygen atoms in total. The first-order valence-electron chi connectivity index (χ1n) is 5.87. The molecule has 2 aromatic rings. The summed E-state index contributed by atoms with van der Waals surface area (Å²) >= 11 is 0. The van der Waals surface area contributed by atoms with Gasteiger partial charge in [0.1, 0.15) is 11.6 Å². The van der Waals surface area contributed by atoms with Crippen molar-refractivity contribution in [3.8, 4) is 0 Å². The normalized spacial score (nSPS) is 12.1.